The molecule has 0 spiro atoms. The van der Waals surface area contributed by atoms with E-state index in [2.05, 4.69) is 26.8 Å². The molecule has 0 aromatic heterocycles. The average Bonchev–Trinajstić information content (AvgIpc) is 2.80. The molecule has 2 amide bonds. The van der Waals surface area contributed by atoms with Crippen molar-refractivity contribution in [3.8, 4) is 5.75 Å². The van der Waals surface area contributed by atoms with E-state index < -0.39 is 40.5 Å². The van der Waals surface area contributed by atoms with Gasteiger partial charge in [0.1, 0.15) is 5.75 Å². The average molecular weight is 549 g/mol. The van der Waals surface area contributed by atoms with Crippen LogP contribution >= 0.6 is 11.6 Å². The van der Waals surface area contributed by atoms with Gasteiger partial charge >= 0.3 is 6.36 Å². The van der Waals surface area contributed by atoms with Crippen molar-refractivity contribution in [2.45, 2.75) is 50.8 Å². The van der Waals surface area contributed by atoms with Gasteiger partial charge in [0.05, 0.1) is 6.61 Å². The number of aliphatic imine (C=N–C) groups is 2. The molecule has 1 heterocycles. The highest BCUT2D eigenvalue weighted by molar-refractivity contribution is 6.32. The van der Waals surface area contributed by atoms with Gasteiger partial charge in [0.15, 0.2) is 5.54 Å². The van der Waals surface area contributed by atoms with Gasteiger partial charge in [-0.25, -0.2) is 4.39 Å². The first-order valence-corrected chi connectivity index (χ1v) is 11.6. The van der Waals surface area contributed by atoms with Gasteiger partial charge in [0.25, 0.3) is 17.4 Å². The Bertz CT molecular complexity index is 1040. The molecule has 1 N–H and O–H groups in total. The molecule has 204 valence electrons. The Kier molecular flexibility index (Phi) is 9.84. The molecule has 1 aromatic carbocycles. The second kappa shape index (κ2) is 12.0. The normalized spacial score (nSPS) is 20.6. The van der Waals surface area contributed by atoms with E-state index in [9.17, 15) is 27.2 Å². The van der Waals surface area contributed by atoms with Crippen molar-refractivity contribution in [2.75, 3.05) is 25.2 Å². The fourth-order valence-electron chi connectivity index (χ4n) is 3.98. The van der Waals surface area contributed by atoms with Crippen LogP contribution in [0.25, 0.3) is 0 Å². The minimum absolute atomic E-state index is 0.0358. The Morgan fingerprint density at radius 3 is 2.43 bits per heavy atom. The van der Waals surface area contributed by atoms with E-state index in [1.807, 2.05) is 13.8 Å². The number of ether oxygens (including phenoxy) is 2. The molecular formula is C24H29ClF4N4O4. The molecule has 0 unspecified atom stereocenters. The van der Waals surface area contributed by atoms with Crippen LogP contribution in [0.4, 0.5) is 23.2 Å². The van der Waals surface area contributed by atoms with Crippen molar-refractivity contribution >= 4 is 42.0 Å². The number of hydrogen-bond acceptors (Lipinski definition) is 6. The summed E-state index contributed by atoms with van der Waals surface area (Å²) in [6.07, 6.45) is -2.07. The molecule has 8 nitrogen and oxygen atoms in total. The molecule has 0 bridgehead atoms. The summed E-state index contributed by atoms with van der Waals surface area (Å²) in [7, 11) is 1.41. The number of carbonyl (C=O) groups is 2. The quantitative estimate of drug-likeness (QED) is 0.281. The molecule has 0 aliphatic carbocycles. The van der Waals surface area contributed by atoms with E-state index in [4.69, 9.17) is 16.3 Å². The summed E-state index contributed by atoms with van der Waals surface area (Å²) in [5.74, 6) is -2.65. The van der Waals surface area contributed by atoms with E-state index in [1.54, 1.807) is 0 Å². The zero-order valence-electron chi connectivity index (χ0n) is 20.8. The van der Waals surface area contributed by atoms with E-state index in [0.717, 1.165) is 29.2 Å². The van der Waals surface area contributed by atoms with Gasteiger partial charge in [0.2, 0.25) is 0 Å². The summed E-state index contributed by atoms with van der Waals surface area (Å²) in [4.78, 5) is 35.5. The maximum Gasteiger partial charge on any atom is 0.573 e. The molecule has 1 aromatic rings. The van der Waals surface area contributed by atoms with Gasteiger partial charge in [-0.15, -0.1) is 13.2 Å². The van der Waals surface area contributed by atoms with E-state index >= 15 is 0 Å². The van der Waals surface area contributed by atoms with Crippen LogP contribution < -0.4 is 15.0 Å². The summed E-state index contributed by atoms with van der Waals surface area (Å²) in [6, 6.07) is 3.61. The number of hydrogen-bond donors (Lipinski definition) is 1. The highest BCUT2D eigenvalue weighted by atomic mass is 35.5. The molecule has 13 heteroatoms. The number of benzene rings is 1. The minimum atomic E-state index is -4.95. The summed E-state index contributed by atoms with van der Waals surface area (Å²) < 4.78 is 61.6. The first-order valence-electron chi connectivity index (χ1n) is 11.1. The lowest BCUT2D eigenvalue weighted by Gasteiger charge is -2.44. The molecule has 0 radical (unpaired) electrons. The Balaban J connectivity index is 2.69. The van der Waals surface area contributed by atoms with Crippen LogP contribution in [0.2, 0.25) is 0 Å². The van der Waals surface area contributed by atoms with Crippen molar-refractivity contribution in [3.63, 3.8) is 0 Å². The van der Waals surface area contributed by atoms with Crippen LogP contribution in [0.15, 0.2) is 46.0 Å². The molecule has 3 atom stereocenters. The molecular weight excluding hydrogens is 520 g/mol. The maximum atomic E-state index is 14.3. The molecule has 37 heavy (non-hydrogen) atoms. The topological polar surface area (TPSA) is 92.6 Å². The fourth-order valence-corrected chi connectivity index (χ4v) is 4.08. The Hall–Kier alpha value is -2.99. The zero-order valence-corrected chi connectivity index (χ0v) is 21.6. The maximum absolute atomic E-state index is 14.3. The fraction of sp³-hybridized carbons (Fsp3) is 0.500. The molecule has 1 fully saturated rings. The van der Waals surface area contributed by atoms with Crippen molar-refractivity contribution in [1.82, 2.24) is 5.32 Å². The summed E-state index contributed by atoms with van der Waals surface area (Å²) >= 11 is 5.53. The summed E-state index contributed by atoms with van der Waals surface area (Å²) in [5, 5.41) is 2.92. The molecule has 1 aliphatic rings. The standard InChI is InChI=1S/C24H29ClF4N4O4/c1-22(2)14-36-11-10-18(22)32-21(35)23(3,15(12-30-4)13-31-5)33(20(34)19(25)26)16-6-8-17(9-7-16)37-24(27,28)29/h6-9,12-13,18-19H,4,10-11,14H2,1-3,5H3,(H,32,35)/b15-12+,31-13-/t18-,19+,23+/m1/s1. The lowest BCUT2D eigenvalue weighted by molar-refractivity contribution is -0.274. The lowest BCUT2D eigenvalue weighted by Crippen LogP contribution is -2.65. The number of nitrogens with zero attached hydrogens (tertiary/aromatic N) is 3. The lowest BCUT2D eigenvalue weighted by atomic mass is 9.80. The molecule has 1 saturated heterocycles. The second-order valence-electron chi connectivity index (χ2n) is 9.10. The first kappa shape index (κ1) is 30.2. The van der Waals surface area contributed by atoms with Gasteiger partial charge in [-0.3, -0.25) is 24.5 Å². The van der Waals surface area contributed by atoms with Crippen molar-refractivity contribution < 1.29 is 36.6 Å². The molecule has 1 aliphatic heterocycles. The van der Waals surface area contributed by atoms with Gasteiger partial charge < -0.3 is 14.8 Å². The SMILES string of the molecule is C=N/C=C(\C=N/C)[C@@](C)(C(=O)N[C@@H]1CCOCC1(C)C)N(C(=O)[C@H](F)Cl)c1ccc(OC(F)(F)F)cc1. The number of amides is 2. The van der Waals surface area contributed by atoms with Crippen LogP contribution in [-0.4, -0.2) is 68.6 Å². The number of rotatable bonds is 9. The third kappa shape index (κ3) is 7.29. The Labute approximate surface area is 217 Å². The van der Waals surface area contributed by atoms with Gasteiger partial charge in [-0.1, -0.05) is 25.4 Å². The third-order valence-corrected chi connectivity index (χ3v) is 6.15. The molecule has 2 rings (SSSR count). The van der Waals surface area contributed by atoms with Crippen LogP contribution in [0.1, 0.15) is 27.2 Å². The summed E-state index contributed by atoms with van der Waals surface area (Å²) in [5.41, 5.74) is -5.18. The largest absolute Gasteiger partial charge is 0.573 e. The smallest absolute Gasteiger partial charge is 0.406 e. The second-order valence-corrected chi connectivity index (χ2v) is 9.48. The predicted molar refractivity (Wildman–Crippen MR) is 133 cm³/mol. The van der Waals surface area contributed by atoms with Crippen LogP contribution in [0.3, 0.4) is 0 Å². The van der Waals surface area contributed by atoms with E-state index in [1.165, 1.54) is 26.4 Å². The van der Waals surface area contributed by atoms with Gasteiger partial charge in [0, 0.05) is 48.8 Å². The van der Waals surface area contributed by atoms with Crippen LogP contribution in [0.5, 0.6) is 5.75 Å². The predicted octanol–water partition coefficient (Wildman–Crippen LogP) is 4.43. The number of nitrogens with one attached hydrogen (secondary N) is 1. The highest BCUT2D eigenvalue weighted by Gasteiger charge is 2.49. The zero-order chi connectivity index (χ0) is 28.0. The monoisotopic (exact) mass is 548 g/mol. The van der Waals surface area contributed by atoms with E-state index in [-0.39, 0.29) is 17.3 Å². The van der Waals surface area contributed by atoms with Crippen LogP contribution in [-0.2, 0) is 14.3 Å². The first-order chi connectivity index (χ1) is 17.2. The highest BCUT2D eigenvalue weighted by Crippen LogP contribution is 2.35. The van der Waals surface area contributed by atoms with Crippen molar-refractivity contribution in [2.24, 2.45) is 15.4 Å². The van der Waals surface area contributed by atoms with Gasteiger partial charge in [-0.2, -0.15) is 0 Å². The van der Waals surface area contributed by atoms with E-state index in [0.29, 0.717) is 19.6 Å². The molecule has 0 saturated carbocycles. The van der Waals surface area contributed by atoms with Crippen molar-refractivity contribution in [3.05, 3.63) is 36.0 Å². The number of carbonyl (C=O) groups excluding carboxylic acids is 2. The number of halogens is 5. The van der Waals surface area contributed by atoms with Gasteiger partial charge in [-0.05, 0) is 44.3 Å². The Morgan fingerprint density at radius 2 is 1.95 bits per heavy atom. The number of alkyl halides is 5. The van der Waals surface area contributed by atoms with Crippen LogP contribution in [0, 0.1) is 5.41 Å². The summed E-state index contributed by atoms with van der Waals surface area (Å²) in [6.45, 7) is 9.24. The number of anilines is 1. The Morgan fingerprint density at radius 1 is 1.32 bits per heavy atom. The third-order valence-electron chi connectivity index (χ3n) is 5.96. The van der Waals surface area contributed by atoms with Crippen molar-refractivity contribution in [1.29, 1.82) is 0 Å². The minimum Gasteiger partial charge on any atom is -0.406 e.